The Kier molecular flexibility index (Phi) is 3.74. The van der Waals surface area contributed by atoms with E-state index in [0.717, 1.165) is 44.8 Å². The predicted molar refractivity (Wildman–Crippen MR) is 78.6 cm³/mol. The van der Waals surface area contributed by atoms with Gasteiger partial charge in [-0.2, -0.15) is 0 Å². The lowest BCUT2D eigenvalue weighted by molar-refractivity contribution is -0.0769. The lowest BCUT2D eigenvalue weighted by atomic mass is 9.93. The molecule has 0 saturated carbocycles. The van der Waals surface area contributed by atoms with Crippen molar-refractivity contribution in [2.24, 2.45) is 0 Å². The second-order valence-corrected chi connectivity index (χ2v) is 6.95. The Bertz CT molecular complexity index is 457. The predicted octanol–water partition coefficient (Wildman–Crippen LogP) is 3.01. The number of nitrogen functional groups attached to an aromatic ring is 1. The largest absolute Gasteiger partial charge is 0.398 e. The Morgan fingerprint density at radius 2 is 2.26 bits per heavy atom. The normalized spacial score (nSPS) is 30.9. The molecule has 3 nitrogen and oxygen atoms in total. The fraction of sp³-hybridized carbons (Fsp3) is 0.600. The van der Waals surface area contributed by atoms with E-state index < -0.39 is 0 Å². The maximum atomic E-state index is 6.11. The molecular weight excluding hydrogens is 258 g/mol. The molecule has 2 heterocycles. The van der Waals surface area contributed by atoms with Crippen LogP contribution in [-0.4, -0.2) is 30.7 Å². The van der Waals surface area contributed by atoms with Crippen molar-refractivity contribution in [2.75, 3.05) is 25.6 Å². The number of aryl methyl sites for hydroxylation is 1. The molecule has 2 fully saturated rings. The number of anilines is 1. The Hall–Kier alpha value is -0.710. The van der Waals surface area contributed by atoms with E-state index in [1.165, 1.54) is 10.5 Å². The van der Waals surface area contributed by atoms with Gasteiger partial charge in [0.05, 0.1) is 12.2 Å². The molecule has 1 aromatic rings. The number of hydrogen-bond acceptors (Lipinski definition) is 4. The molecule has 2 aliphatic heterocycles. The van der Waals surface area contributed by atoms with Gasteiger partial charge < -0.3 is 15.2 Å². The van der Waals surface area contributed by atoms with Gasteiger partial charge in [-0.1, -0.05) is 6.07 Å². The van der Waals surface area contributed by atoms with Gasteiger partial charge in [-0.15, -0.1) is 11.8 Å². The summed E-state index contributed by atoms with van der Waals surface area (Å²) in [4.78, 5) is 1.20. The number of thioether (sulfide) groups is 1. The number of ether oxygens (including phenoxy) is 2. The van der Waals surface area contributed by atoms with Crippen molar-refractivity contribution in [3.63, 3.8) is 0 Å². The van der Waals surface area contributed by atoms with Crippen molar-refractivity contribution in [1.82, 2.24) is 0 Å². The van der Waals surface area contributed by atoms with E-state index in [2.05, 4.69) is 25.1 Å². The first kappa shape index (κ1) is 13.3. The summed E-state index contributed by atoms with van der Waals surface area (Å²) in [6.07, 6.45) is 3.21. The summed E-state index contributed by atoms with van der Waals surface area (Å²) in [5.41, 5.74) is 8.20. The second kappa shape index (κ2) is 5.35. The molecule has 2 aliphatic rings. The first-order chi connectivity index (χ1) is 9.17. The number of rotatable bonds is 2. The van der Waals surface area contributed by atoms with Crippen LogP contribution in [0.2, 0.25) is 0 Å². The zero-order valence-electron chi connectivity index (χ0n) is 11.4. The highest BCUT2D eigenvalue weighted by molar-refractivity contribution is 8.00. The third-order valence-corrected chi connectivity index (χ3v) is 5.34. The lowest BCUT2D eigenvalue weighted by Gasteiger charge is -2.36. The molecule has 4 heteroatoms. The van der Waals surface area contributed by atoms with Gasteiger partial charge in [0.1, 0.15) is 0 Å². The smallest absolute Gasteiger partial charge is 0.0947 e. The highest BCUT2D eigenvalue weighted by atomic mass is 32.2. The number of hydrogen-bond donors (Lipinski definition) is 1. The van der Waals surface area contributed by atoms with Crippen molar-refractivity contribution < 1.29 is 9.47 Å². The van der Waals surface area contributed by atoms with E-state index in [4.69, 9.17) is 15.2 Å². The summed E-state index contributed by atoms with van der Waals surface area (Å²) in [6.45, 7) is 4.51. The molecule has 1 spiro atoms. The quantitative estimate of drug-likeness (QED) is 0.845. The summed E-state index contributed by atoms with van der Waals surface area (Å²) in [7, 11) is 0. The molecule has 0 radical (unpaired) electrons. The van der Waals surface area contributed by atoms with Crippen LogP contribution in [0.15, 0.2) is 23.1 Å². The van der Waals surface area contributed by atoms with Gasteiger partial charge in [0.2, 0.25) is 0 Å². The van der Waals surface area contributed by atoms with Gasteiger partial charge in [0.15, 0.2) is 0 Å². The third-order valence-electron chi connectivity index (χ3n) is 3.97. The average molecular weight is 279 g/mol. The second-order valence-electron chi connectivity index (χ2n) is 5.61. The first-order valence-corrected chi connectivity index (χ1v) is 7.79. The minimum absolute atomic E-state index is 0.0185. The molecular formula is C15H21NO2S. The van der Waals surface area contributed by atoms with Crippen LogP contribution in [0.4, 0.5) is 5.69 Å². The summed E-state index contributed by atoms with van der Waals surface area (Å²) in [6, 6.07) is 6.32. The highest BCUT2D eigenvalue weighted by Crippen LogP contribution is 2.41. The molecule has 2 atom stereocenters. The van der Waals surface area contributed by atoms with E-state index in [0.29, 0.717) is 5.25 Å². The van der Waals surface area contributed by atoms with Crippen LogP contribution < -0.4 is 5.73 Å². The molecule has 19 heavy (non-hydrogen) atoms. The van der Waals surface area contributed by atoms with Crippen LogP contribution in [0.1, 0.15) is 24.8 Å². The van der Waals surface area contributed by atoms with Crippen LogP contribution in [0.3, 0.4) is 0 Å². The van der Waals surface area contributed by atoms with Crippen molar-refractivity contribution in [2.45, 2.75) is 41.9 Å². The molecule has 2 N–H and O–H groups in total. The van der Waals surface area contributed by atoms with Crippen LogP contribution in [-0.2, 0) is 9.47 Å². The molecule has 0 aromatic heterocycles. The summed E-state index contributed by atoms with van der Waals surface area (Å²) < 4.78 is 11.5. The van der Waals surface area contributed by atoms with Gasteiger partial charge in [-0.3, -0.25) is 0 Å². The van der Waals surface area contributed by atoms with Crippen LogP contribution in [0.25, 0.3) is 0 Å². The maximum absolute atomic E-state index is 6.11. The molecule has 3 rings (SSSR count). The van der Waals surface area contributed by atoms with Crippen LogP contribution in [0.5, 0.6) is 0 Å². The molecule has 2 unspecified atom stereocenters. The van der Waals surface area contributed by atoms with E-state index in [9.17, 15) is 0 Å². The Labute approximate surface area is 118 Å². The Balaban J connectivity index is 1.69. The van der Waals surface area contributed by atoms with Crippen molar-refractivity contribution in [3.8, 4) is 0 Å². The number of nitrogens with two attached hydrogens (primary N) is 1. The molecule has 0 amide bonds. The molecule has 0 aliphatic carbocycles. The standard InChI is InChI=1S/C15H21NO2S/c1-11-2-3-14(13(16)8-11)19-12-4-6-18-15(9-12)5-7-17-10-15/h2-3,8,12H,4-7,9-10,16H2,1H3. The zero-order chi connectivity index (χ0) is 13.3. The van der Waals surface area contributed by atoms with Gasteiger partial charge in [-0.05, 0) is 37.5 Å². The number of benzene rings is 1. The average Bonchev–Trinajstić information content (AvgIpc) is 2.81. The first-order valence-electron chi connectivity index (χ1n) is 6.91. The fourth-order valence-electron chi connectivity index (χ4n) is 2.90. The Morgan fingerprint density at radius 3 is 3.00 bits per heavy atom. The minimum atomic E-state index is -0.0185. The molecule has 0 bridgehead atoms. The van der Waals surface area contributed by atoms with Crippen molar-refractivity contribution >= 4 is 17.4 Å². The monoisotopic (exact) mass is 279 g/mol. The molecule has 104 valence electrons. The zero-order valence-corrected chi connectivity index (χ0v) is 12.2. The summed E-state index contributed by atoms with van der Waals surface area (Å²) in [5.74, 6) is 0. The highest BCUT2D eigenvalue weighted by Gasteiger charge is 2.41. The van der Waals surface area contributed by atoms with Gasteiger partial charge in [0, 0.05) is 35.5 Å². The SMILES string of the molecule is Cc1ccc(SC2CCOC3(CCOC3)C2)c(N)c1. The molecule has 1 aromatic carbocycles. The topological polar surface area (TPSA) is 44.5 Å². The summed E-state index contributed by atoms with van der Waals surface area (Å²) in [5, 5.41) is 0.584. The van der Waals surface area contributed by atoms with E-state index in [1.54, 1.807) is 0 Å². The van der Waals surface area contributed by atoms with E-state index in [1.807, 2.05) is 11.8 Å². The summed E-state index contributed by atoms with van der Waals surface area (Å²) >= 11 is 1.90. The Morgan fingerprint density at radius 1 is 1.37 bits per heavy atom. The molecule has 2 saturated heterocycles. The lowest BCUT2D eigenvalue weighted by Crippen LogP contribution is -2.41. The van der Waals surface area contributed by atoms with Crippen LogP contribution >= 0.6 is 11.8 Å². The van der Waals surface area contributed by atoms with Gasteiger partial charge >= 0.3 is 0 Å². The van der Waals surface area contributed by atoms with Crippen LogP contribution in [0, 0.1) is 6.92 Å². The van der Waals surface area contributed by atoms with E-state index >= 15 is 0 Å². The van der Waals surface area contributed by atoms with Gasteiger partial charge in [-0.25, -0.2) is 0 Å². The fourth-order valence-corrected chi connectivity index (χ4v) is 4.20. The van der Waals surface area contributed by atoms with Crippen molar-refractivity contribution in [1.29, 1.82) is 0 Å². The van der Waals surface area contributed by atoms with Gasteiger partial charge in [0.25, 0.3) is 0 Å². The minimum Gasteiger partial charge on any atom is -0.398 e. The van der Waals surface area contributed by atoms with Crippen molar-refractivity contribution in [3.05, 3.63) is 23.8 Å². The maximum Gasteiger partial charge on any atom is 0.0947 e. The third kappa shape index (κ3) is 2.91. The van der Waals surface area contributed by atoms with E-state index in [-0.39, 0.29) is 5.60 Å².